The van der Waals surface area contributed by atoms with E-state index in [1.54, 1.807) is 22.9 Å². The van der Waals surface area contributed by atoms with E-state index in [0.29, 0.717) is 28.4 Å². The first kappa shape index (κ1) is 15.4. The lowest BCUT2D eigenvalue weighted by Crippen LogP contribution is -2.38. The zero-order chi connectivity index (χ0) is 15.5. The molecule has 5 nitrogen and oxygen atoms in total. The molecule has 2 aromatic heterocycles. The molecule has 1 aliphatic heterocycles. The van der Waals surface area contributed by atoms with Crippen LogP contribution in [0.25, 0.3) is 11.0 Å². The first-order valence-electron chi connectivity index (χ1n) is 7.99. The van der Waals surface area contributed by atoms with E-state index in [1.165, 1.54) is 25.8 Å². The molecule has 1 N–H and O–H groups in total. The zero-order valence-corrected chi connectivity index (χ0v) is 13.7. The Morgan fingerprint density at radius 2 is 2.27 bits per heavy atom. The van der Waals surface area contributed by atoms with Crippen molar-refractivity contribution < 1.29 is 0 Å². The first-order valence-corrected chi connectivity index (χ1v) is 8.39. The molecular weight excluding hydrogens is 296 g/mol. The Morgan fingerprint density at radius 3 is 3.09 bits per heavy atom. The maximum absolute atomic E-state index is 12.5. The van der Waals surface area contributed by atoms with Crippen molar-refractivity contribution in [1.82, 2.24) is 19.4 Å². The van der Waals surface area contributed by atoms with Gasteiger partial charge in [-0.1, -0.05) is 6.42 Å². The first-order chi connectivity index (χ1) is 10.7. The van der Waals surface area contributed by atoms with Crippen molar-refractivity contribution in [3.63, 3.8) is 0 Å². The highest BCUT2D eigenvalue weighted by Gasteiger charge is 2.17. The number of pyridine rings is 1. The van der Waals surface area contributed by atoms with Crippen molar-refractivity contribution in [2.45, 2.75) is 45.2 Å². The van der Waals surface area contributed by atoms with E-state index in [2.05, 4.69) is 21.8 Å². The lowest BCUT2D eigenvalue weighted by atomic mass is 10.0. The van der Waals surface area contributed by atoms with Gasteiger partial charge in [-0.25, -0.2) is 4.98 Å². The van der Waals surface area contributed by atoms with Crippen LogP contribution in [0.5, 0.6) is 0 Å². The lowest BCUT2D eigenvalue weighted by Gasteiger charge is -2.33. The number of hydrogen-bond donors (Lipinski definition) is 1. The van der Waals surface area contributed by atoms with Crippen LogP contribution in [-0.4, -0.2) is 38.6 Å². The van der Waals surface area contributed by atoms with E-state index in [-0.39, 0.29) is 5.56 Å². The summed E-state index contributed by atoms with van der Waals surface area (Å²) in [4.78, 5) is 22.2. The number of nitrogens with zero attached hydrogens (tertiary/aromatic N) is 3. The third-order valence-corrected chi connectivity index (χ3v) is 4.84. The van der Waals surface area contributed by atoms with Crippen LogP contribution in [0.3, 0.4) is 0 Å². The minimum atomic E-state index is -0.0430. The molecule has 0 bridgehead atoms. The predicted molar refractivity (Wildman–Crippen MR) is 90.7 cm³/mol. The highest BCUT2D eigenvalue weighted by molar-refractivity contribution is 7.71. The molecule has 1 unspecified atom stereocenters. The summed E-state index contributed by atoms with van der Waals surface area (Å²) in [5, 5.41) is 0.599. The van der Waals surface area contributed by atoms with Gasteiger partial charge in [0, 0.05) is 25.3 Å². The number of aromatic nitrogens is 3. The summed E-state index contributed by atoms with van der Waals surface area (Å²) in [7, 11) is 0. The number of rotatable bonds is 4. The molecule has 0 amide bonds. The largest absolute Gasteiger partial charge is 0.316 e. The van der Waals surface area contributed by atoms with Gasteiger partial charge in [0.05, 0.1) is 5.39 Å². The number of piperidine rings is 1. The van der Waals surface area contributed by atoms with E-state index in [0.717, 1.165) is 13.0 Å². The molecule has 0 radical (unpaired) electrons. The van der Waals surface area contributed by atoms with Crippen LogP contribution < -0.4 is 5.56 Å². The molecule has 2 aromatic rings. The fraction of sp³-hybridized carbons (Fsp3) is 0.562. The van der Waals surface area contributed by atoms with Crippen LogP contribution >= 0.6 is 12.2 Å². The van der Waals surface area contributed by atoms with Gasteiger partial charge in [-0.2, -0.15) is 0 Å². The minimum absolute atomic E-state index is 0.0430. The van der Waals surface area contributed by atoms with Crippen LogP contribution in [0.2, 0.25) is 0 Å². The van der Waals surface area contributed by atoms with Crippen molar-refractivity contribution in [3.05, 3.63) is 33.5 Å². The van der Waals surface area contributed by atoms with Crippen LogP contribution in [0, 0.1) is 4.77 Å². The van der Waals surface area contributed by atoms with Crippen LogP contribution in [-0.2, 0) is 6.54 Å². The summed E-state index contributed by atoms with van der Waals surface area (Å²) in [6, 6.07) is 4.22. The molecule has 3 rings (SSSR count). The number of aromatic amines is 1. The topological polar surface area (TPSA) is 53.9 Å². The molecule has 3 heterocycles. The van der Waals surface area contributed by atoms with Gasteiger partial charge in [0.15, 0.2) is 4.77 Å². The zero-order valence-electron chi connectivity index (χ0n) is 12.9. The van der Waals surface area contributed by atoms with Crippen molar-refractivity contribution in [1.29, 1.82) is 0 Å². The molecular formula is C16H22N4OS. The molecule has 118 valence electrons. The predicted octanol–water partition coefficient (Wildman–Crippen LogP) is 2.72. The fourth-order valence-electron chi connectivity index (χ4n) is 3.21. The molecule has 1 aliphatic rings. The van der Waals surface area contributed by atoms with E-state index < -0.39 is 0 Å². The average Bonchev–Trinajstić information content (AvgIpc) is 2.52. The van der Waals surface area contributed by atoms with Gasteiger partial charge in [0.2, 0.25) is 0 Å². The molecule has 6 heteroatoms. The lowest BCUT2D eigenvalue weighted by molar-refractivity contribution is 0.156. The summed E-state index contributed by atoms with van der Waals surface area (Å²) in [5.74, 6) is 0. The molecule has 0 aromatic carbocycles. The SMILES string of the molecule is CC1CCCCN1CCCn1c(=S)[nH]c2ncccc2c1=O. The second kappa shape index (κ2) is 6.71. The maximum Gasteiger partial charge on any atom is 0.263 e. The van der Waals surface area contributed by atoms with Crippen molar-refractivity contribution >= 4 is 23.3 Å². The number of H-pyrrole nitrogens is 1. The van der Waals surface area contributed by atoms with Crippen molar-refractivity contribution in [2.24, 2.45) is 0 Å². The monoisotopic (exact) mass is 318 g/mol. The molecule has 0 aliphatic carbocycles. The summed E-state index contributed by atoms with van der Waals surface area (Å²) in [6.45, 7) is 5.14. The van der Waals surface area contributed by atoms with E-state index >= 15 is 0 Å². The number of nitrogens with one attached hydrogen (secondary N) is 1. The van der Waals surface area contributed by atoms with Crippen molar-refractivity contribution in [3.8, 4) is 0 Å². The van der Waals surface area contributed by atoms with Gasteiger partial charge in [-0.05, 0) is 57.1 Å². The molecule has 1 atom stereocenters. The second-order valence-electron chi connectivity index (χ2n) is 6.02. The van der Waals surface area contributed by atoms with Crippen LogP contribution in [0.4, 0.5) is 0 Å². The highest BCUT2D eigenvalue weighted by Crippen LogP contribution is 2.16. The summed E-state index contributed by atoms with van der Waals surface area (Å²) in [6.07, 6.45) is 6.50. The molecule has 22 heavy (non-hydrogen) atoms. The van der Waals surface area contributed by atoms with Gasteiger partial charge < -0.3 is 9.88 Å². The quantitative estimate of drug-likeness (QED) is 0.881. The Kier molecular flexibility index (Phi) is 4.69. The number of hydrogen-bond acceptors (Lipinski definition) is 4. The Balaban J connectivity index is 1.74. The highest BCUT2D eigenvalue weighted by atomic mass is 32.1. The minimum Gasteiger partial charge on any atom is -0.316 e. The van der Waals surface area contributed by atoms with E-state index in [9.17, 15) is 4.79 Å². The average molecular weight is 318 g/mol. The van der Waals surface area contributed by atoms with E-state index in [4.69, 9.17) is 12.2 Å². The molecule has 1 fully saturated rings. The standard InChI is InChI=1S/C16H22N4OS/c1-12-6-2-3-9-19(12)10-5-11-20-15(21)13-7-4-8-17-14(13)18-16(20)22/h4,7-8,12H,2-3,5-6,9-11H2,1H3,(H,17,18,22). The third-order valence-electron chi connectivity index (χ3n) is 4.52. The summed E-state index contributed by atoms with van der Waals surface area (Å²) < 4.78 is 2.12. The smallest absolute Gasteiger partial charge is 0.263 e. The van der Waals surface area contributed by atoms with Crippen molar-refractivity contribution in [2.75, 3.05) is 13.1 Å². The van der Waals surface area contributed by atoms with Crippen LogP contribution in [0.1, 0.15) is 32.6 Å². The molecule has 0 spiro atoms. The van der Waals surface area contributed by atoms with Crippen LogP contribution in [0.15, 0.2) is 23.1 Å². The summed E-state index contributed by atoms with van der Waals surface area (Å²) in [5.41, 5.74) is 0.525. The third kappa shape index (κ3) is 3.13. The summed E-state index contributed by atoms with van der Waals surface area (Å²) >= 11 is 5.31. The Labute approximate surface area is 135 Å². The number of likely N-dealkylation sites (tertiary alicyclic amines) is 1. The Hall–Kier alpha value is -1.53. The van der Waals surface area contributed by atoms with Gasteiger partial charge >= 0.3 is 0 Å². The Bertz CT molecular complexity index is 767. The van der Waals surface area contributed by atoms with Gasteiger partial charge in [-0.3, -0.25) is 9.36 Å². The normalized spacial score (nSPS) is 19.6. The van der Waals surface area contributed by atoms with E-state index in [1.807, 2.05) is 0 Å². The molecule has 0 saturated carbocycles. The maximum atomic E-state index is 12.5. The second-order valence-corrected chi connectivity index (χ2v) is 6.41. The van der Waals surface area contributed by atoms with Gasteiger partial charge in [-0.15, -0.1) is 0 Å². The molecule has 1 saturated heterocycles. The fourth-order valence-corrected chi connectivity index (χ4v) is 3.48. The van der Waals surface area contributed by atoms with Gasteiger partial charge in [0.1, 0.15) is 5.65 Å². The Morgan fingerprint density at radius 1 is 1.41 bits per heavy atom. The van der Waals surface area contributed by atoms with Gasteiger partial charge in [0.25, 0.3) is 5.56 Å². The number of fused-ring (bicyclic) bond motifs is 1.